The van der Waals surface area contributed by atoms with E-state index < -0.39 is 60.6 Å². The zero-order chi connectivity index (χ0) is 19.3. The van der Waals surface area contributed by atoms with Crippen LogP contribution in [0.15, 0.2) is 0 Å². The van der Waals surface area contributed by atoms with Crippen LogP contribution in [-0.4, -0.2) is 82.5 Å². The minimum Gasteiger partial charge on any atom is -0.459 e. The molecule has 0 aromatic carbocycles. The second kappa shape index (κ2) is 6.97. The van der Waals surface area contributed by atoms with Gasteiger partial charge in [-0.3, -0.25) is 9.63 Å². The van der Waals surface area contributed by atoms with Gasteiger partial charge in [0.15, 0.2) is 12.0 Å². The summed E-state index contributed by atoms with van der Waals surface area (Å²) in [5, 5.41) is 20.9. The molecular formula is C17H29NO8. The van der Waals surface area contributed by atoms with Crippen LogP contribution in [0.1, 0.15) is 41.0 Å². The SMILES string of the molecule is CC(C)(C)OC(=O)[C@@H]1CCON1[C@@H]1O[C@H]([C@H](O)CO)[C@@H]2OC(C)(C)O[C@H]21. The van der Waals surface area contributed by atoms with Gasteiger partial charge in [0.05, 0.1) is 13.2 Å². The summed E-state index contributed by atoms with van der Waals surface area (Å²) in [5.74, 6) is -1.27. The van der Waals surface area contributed by atoms with E-state index in [0.29, 0.717) is 13.0 Å². The van der Waals surface area contributed by atoms with Crippen LogP contribution in [0.2, 0.25) is 0 Å². The van der Waals surface area contributed by atoms with Crippen LogP contribution in [0.25, 0.3) is 0 Å². The molecule has 6 atom stereocenters. The molecule has 9 heteroatoms. The molecule has 26 heavy (non-hydrogen) atoms. The van der Waals surface area contributed by atoms with E-state index in [2.05, 4.69) is 0 Å². The summed E-state index contributed by atoms with van der Waals surface area (Å²) in [6.45, 7) is 8.81. The Bertz CT molecular complexity index is 533. The fraction of sp³-hybridized carbons (Fsp3) is 0.941. The number of aliphatic hydroxyl groups excluding tert-OH is 2. The lowest BCUT2D eigenvalue weighted by Gasteiger charge is -2.32. The first-order chi connectivity index (χ1) is 12.0. The molecule has 0 radical (unpaired) electrons. The first-order valence-electron chi connectivity index (χ1n) is 8.96. The van der Waals surface area contributed by atoms with Crippen molar-refractivity contribution in [2.24, 2.45) is 0 Å². The molecule has 3 heterocycles. The normalized spacial score (nSPS) is 38.3. The monoisotopic (exact) mass is 375 g/mol. The molecule has 0 saturated carbocycles. The second-order valence-electron chi connectivity index (χ2n) is 8.34. The molecule has 9 nitrogen and oxygen atoms in total. The Morgan fingerprint density at radius 1 is 1.31 bits per heavy atom. The number of hydrogen-bond donors (Lipinski definition) is 2. The maximum absolute atomic E-state index is 12.6. The maximum atomic E-state index is 12.6. The van der Waals surface area contributed by atoms with Gasteiger partial charge in [-0.15, -0.1) is 5.06 Å². The Kier molecular flexibility index (Phi) is 5.35. The molecule has 0 spiro atoms. The first kappa shape index (κ1) is 19.9. The fourth-order valence-electron chi connectivity index (χ4n) is 3.56. The standard InChI is InChI=1S/C17H29NO8/c1-16(2,3)26-15(21)9-6-7-22-18(9)14-13-12(24-17(4,5)25-13)11(23-14)10(20)8-19/h9-14,19-20H,6-8H2,1-5H3/t9-,10+,11+,12-,13+,14+/m0/s1. The molecule has 0 unspecified atom stereocenters. The number of aliphatic hydroxyl groups is 2. The van der Waals surface area contributed by atoms with Crippen molar-refractivity contribution in [2.45, 2.75) is 89.1 Å². The van der Waals surface area contributed by atoms with E-state index in [0.717, 1.165) is 0 Å². The van der Waals surface area contributed by atoms with Gasteiger partial charge in [-0.25, -0.2) is 0 Å². The summed E-state index contributed by atoms with van der Waals surface area (Å²) in [6, 6.07) is -0.641. The number of ether oxygens (including phenoxy) is 4. The van der Waals surface area contributed by atoms with Gasteiger partial charge in [0, 0.05) is 6.42 Å². The zero-order valence-electron chi connectivity index (χ0n) is 15.9. The Balaban J connectivity index is 1.79. The molecule has 3 aliphatic rings. The van der Waals surface area contributed by atoms with Crippen molar-refractivity contribution in [3.8, 4) is 0 Å². The molecule has 3 rings (SSSR count). The minimum atomic E-state index is -1.13. The molecule has 3 aliphatic heterocycles. The van der Waals surface area contributed by atoms with Gasteiger partial charge in [0.25, 0.3) is 0 Å². The Labute approximate surface area is 153 Å². The van der Waals surface area contributed by atoms with E-state index in [1.54, 1.807) is 34.6 Å². The van der Waals surface area contributed by atoms with E-state index in [9.17, 15) is 15.0 Å². The van der Waals surface area contributed by atoms with E-state index in [-0.39, 0.29) is 0 Å². The number of carbonyl (C=O) groups is 1. The van der Waals surface area contributed by atoms with Gasteiger partial charge >= 0.3 is 5.97 Å². The molecule has 3 fully saturated rings. The van der Waals surface area contributed by atoms with Gasteiger partial charge in [0.1, 0.15) is 36.1 Å². The molecule has 2 N–H and O–H groups in total. The number of nitrogens with zero attached hydrogens (tertiary/aromatic N) is 1. The van der Waals surface area contributed by atoms with Gasteiger partial charge in [-0.2, -0.15) is 0 Å². The fourth-order valence-corrected chi connectivity index (χ4v) is 3.56. The van der Waals surface area contributed by atoms with Crippen LogP contribution in [0, 0.1) is 0 Å². The number of rotatable bonds is 4. The lowest BCUT2D eigenvalue weighted by atomic mass is 10.1. The van der Waals surface area contributed by atoms with E-state index in [4.69, 9.17) is 23.8 Å². The maximum Gasteiger partial charge on any atom is 0.326 e. The molecule has 0 bridgehead atoms. The largest absolute Gasteiger partial charge is 0.459 e. The molecule has 0 aromatic heterocycles. The minimum absolute atomic E-state index is 0.346. The van der Waals surface area contributed by atoms with Crippen molar-refractivity contribution in [1.29, 1.82) is 0 Å². The third-order valence-corrected chi connectivity index (χ3v) is 4.50. The number of esters is 1. The average Bonchev–Trinajstić information content (AvgIpc) is 3.17. The highest BCUT2D eigenvalue weighted by Gasteiger charge is 2.60. The topological polar surface area (TPSA) is 107 Å². The van der Waals surface area contributed by atoms with Gasteiger partial charge in [0.2, 0.25) is 0 Å². The lowest BCUT2D eigenvalue weighted by molar-refractivity contribution is -0.281. The van der Waals surface area contributed by atoms with Gasteiger partial charge in [-0.05, 0) is 34.6 Å². The summed E-state index contributed by atoms with van der Waals surface area (Å²) in [7, 11) is 0. The van der Waals surface area contributed by atoms with Crippen molar-refractivity contribution in [3.63, 3.8) is 0 Å². The summed E-state index contributed by atoms with van der Waals surface area (Å²) in [6.07, 6.45) is -3.37. The van der Waals surface area contributed by atoms with E-state index >= 15 is 0 Å². The summed E-state index contributed by atoms with van der Waals surface area (Å²) >= 11 is 0. The number of hydroxylamine groups is 2. The lowest BCUT2D eigenvalue weighted by Crippen LogP contribution is -2.50. The highest BCUT2D eigenvalue weighted by atomic mass is 16.8. The number of carbonyl (C=O) groups excluding carboxylic acids is 1. The van der Waals surface area contributed by atoms with Crippen LogP contribution < -0.4 is 0 Å². The molecular weight excluding hydrogens is 346 g/mol. The Hall–Kier alpha value is -0.810. The summed E-state index contributed by atoms with van der Waals surface area (Å²) in [5.41, 5.74) is -0.616. The number of fused-ring (bicyclic) bond motifs is 1. The smallest absolute Gasteiger partial charge is 0.326 e. The van der Waals surface area contributed by atoms with Crippen molar-refractivity contribution in [1.82, 2.24) is 5.06 Å². The van der Waals surface area contributed by atoms with Crippen LogP contribution in [-0.2, 0) is 28.6 Å². The third kappa shape index (κ3) is 3.89. The van der Waals surface area contributed by atoms with E-state index in [1.165, 1.54) is 5.06 Å². The van der Waals surface area contributed by atoms with Crippen molar-refractivity contribution in [2.75, 3.05) is 13.2 Å². The predicted octanol–water partition coefficient (Wildman–Crippen LogP) is -0.0678. The average molecular weight is 375 g/mol. The van der Waals surface area contributed by atoms with Crippen molar-refractivity contribution in [3.05, 3.63) is 0 Å². The van der Waals surface area contributed by atoms with Crippen LogP contribution in [0.5, 0.6) is 0 Å². The molecule has 0 aromatic rings. The summed E-state index contributed by atoms with van der Waals surface area (Å²) < 4.78 is 23.2. The predicted molar refractivity (Wildman–Crippen MR) is 87.6 cm³/mol. The van der Waals surface area contributed by atoms with Crippen molar-refractivity contribution < 1.29 is 38.8 Å². The highest BCUT2D eigenvalue weighted by molar-refractivity contribution is 5.76. The molecule has 3 saturated heterocycles. The second-order valence-corrected chi connectivity index (χ2v) is 8.34. The van der Waals surface area contributed by atoms with Crippen LogP contribution >= 0.6 is 0 Å². The number of hydrogen-bond acceptors (Lipinski definition) is 9. The molecule has 0 amide bonds. The van der Waals surface area contributed by atoms with Crippen molar-refractivity contribution >= 4 is 5.97 Å². The Morgan fingerprint density at radius 2 is 1.96 bits per heavy atom. The Morgan fingerprint density at radius 3 is 2.58 bits per heavy atom. The third-order valence-electron chi connectivity index (χ3n) is 4.50. The molecule has 0 aliphatic carbocycles. The zero-order valence-corrected chi connectivity index (χ0v) is 15.9. The van der Waals surface area contributed by atoms with Crippen LogP contribution in [0.4, 0.5) is 0 Å². The quantitative estimate of drug-likeness (QED) is 0.653. The highest BCUT2D eigenvalue weighted by Crippen LogP contribution is 2.42. The summed E-state index contributed by atoms with van der Waals surface area (Å²) in [4.78, 5) is 18.2. The van der Waals surface area contributed by atoms with Crippen LogP contribution in [0.3, 0.4) is 0 Å². The van der Waals surface area contributed by atoms with Gasteiger partial charge in [-0.1, -0.05) is 0 Å². The van der Waals surface area contributed by atoms with E-state index in [1.807, 2.05) is 0 Å². The first-order valence-corrected chi connectivity index (χ1v) is 8.96. The van der Waals surface area contributed by atoms with Gasteiger partial charge < -0.3 is 29.2 Å². The molecule has 150 valence electrons.